The smallest absolute Gasteiger partial charge is 0.269 e. The van der Waals surface area contributed by atoms with Crippen molar-refractivity contribution < 1.29 is 4.79 Å². The molecule has 4 rings (SSSR count). The minimum Gasteiger partial charge on any atom is -0.346 e. The van der Waals surface area contributed by atoms with Crippen LogP contribution in [-0.4, -0.2) is 36.1 Å². The first-order chi connectivity index (χ1) is 13.1. The molecule has 1 amide bonds. The van der Waals surface area contributed by atoms with E-state index in [0.29, 0.717) is 12.2 Å². The number of nitrogens with zero attached hydrogens (tertiary/aromatic N) is 5. The van der Waals surface area contributed by atoms with Crippen LogP contribution in [0.2, 0.25) is 0 Å². The number of benzene rings is 1. The van der Waals surface area contributed by atoms with Crippen molar-refractivity contribution in [1.29, 1.82) is 0 Å². The normalized spacial score (nSPS) is 12.4. The zero-order valence-electron chi connectivity index (χ0n) is 15.2. The van der Waals surface area contributed by atoms with Crippen LogP contribution in [0.3, 0.4) is 0 Å². The fraction of sp³-hybridized carbons (Fsp3) is 0.263. The Morgan fingerprint density at radius 3 is 2.81 bits per heavy atom. The van der Waals surface area contributed by atoms with Gasteiger partial charge in [0.1, 0.15) is 18.3 Å². The van der Waals surface area contributed by atoms with Crippen molar-refractivity contribution in [2.75, 3.05) is 0 Å². The fourth-order valence-corrected chi connectivity index (χ4v) is 3.80. The maximum atomic E-state index is 12.7. The number of carbonyl (C=O) groups excluding carboxylic acids is 1. The average molecular weight is 380 g/mol. The molecule has 3 heterocycles. The van der Waals surface area contributed by atoms with E-state index in [1.807, 2.05) is 22.9 Å². The monoisotopic (exact) mass is 380 g/mol. The van der Waals surface area contributed by atoms with Gasteiger partial charge >= 0.3 is 0 Å². The summed E-state index contributed by atoms with van der Waals surface area (Å²) in [6.07, 6.45) is 6.05. The molecule has 7 nitrogen and oxygen atoms in total. The lowest BCUT2D eigenvalue weighted by Gasteiger charge is -2.13. The lowest BCUT2D eigenvalue weighted by atomic mass is 10.1. The van der Waals surface area contributed by atoms with Gasteiger partial charge in [-0.2, -0.15) is 5.10 Å². The summed E-state index contributed by atoms with van der Waals surface area (Å²) in [6.45, 7) is 4.64. The molecule has 0 radical (unpaired) electrons. The number of nitrogens with one attached hydrogen (secondary N) is 1. The Balaban J connectivity index is 1.53. The summed E-state index contributed by atoms with van der Waals surface area (Å²) >= 11 is 1.46. The van der Waals surface area contributed by atoms with Gasteiger partial charge in [0, 0.05) is 23.2 Å². The van der Waals surface area contributed by atoms with Crippen LogP contribution in [0.15, 0.2) is 48.5 Å². The molecular formula is C19H20N6OS. The van der Waals surface area contributed by atoms with Crippen LogP contribution in [0, 0.1) is 0 Å². The molecule has 3 aromatic heterocycles. The van der Waals surface area contributed by atoms with Crippen molar-refractivity contribution in [1.82, 2.24) is 29.5 Å². The lowest BCUT2D eigenvalue weighted by molar-refractivity contribution is 0.0930. The first kappa shape index (κ1) is 17.4. The van der Waals surface area contributed by atoms with Gasteiger partial charge in [0.2, 0.25) is 0 Å². The quantitative estimate of drug-likeness (QED) is 0.558. The Kier molecular flexibility index (Phi) is 4.72. The molecule has 0 fully saturated rings. The number of hydrogen-bond acceptors (Lipinski definition) is 5. The summed E-state index contributed by atoms with van der Waals surface area (Å²) in [5, 5.41) is 8.91. The number of carbonyl (C=O) groups is 1. The van der Waals surface area contributed by atoms with Gasteiger partial charge in [-0.3, -0.25) is 13.9 Å². The van der Waals surface area contributed by atoms with E-state index in [2.05, 4.69) is 51.6 Å². The van der Waals surface area contributed by atoms with Crippen molar-refractivity contribution >= 4 is 22.2 Å². The van der Waals surface area contributed by atoms with Crippen LogP contribution in [0.4, 0.5) is 0 Å². The SMILES string of the molecule is CCc1ccc(-c2cn3c(C(=O)N[C@@H](C)Cn4cncn4)csc3n2)cc1. The van der Waals surface area contributed by atoms with E-state index in [4.69, 9.17) is 0 Å². The van der Waals surface area contributed by atoms with Gasteiger partial charge in [-0.25, -0.2) is 9.97 Å². The van der Waals surface area contributed by atoms with Crippen LogP contribution < -0.4 is 5.32 Å². The van der Waals surface area contributed by atoms with Crippen LogP contribution in [0.1, 0.15) is 29.9 Å². The molecule has 0 saturated carbocycles. The van der Waals surface area contributed by atoms with Crippen molar-refractivity contribution in [3.8, 4) is 11.3 Å². The fourth-order valence-electron chi connectivity index (χ4n) is 2.95. The highest BCUT2D eigenvalue weighted by Crippen LogP contribution is 2.24. The van der Waals surface area contributed by atoms with Crippen molar-refractivity contribution in [3.05, 3.63) is 59.8 Å². The number of aromatic nitrogens is 5. The van der Waals surface area contributed by atoms with E-state index in [9.17, 15) is 4.79 Å². The van der Waals surface area contributed by atoms with Crippen LogP contribution in [0.5, 0.6) is 0 Å². The van der Waals surface area contributed by atoms with Crippen molar-refractivity contribution in [2.45, 2.75) is 32.9 Å². The second kappa shape index (κ2) is 7.32. The largest absolute Gasteiger partial charge is 0.346 e. The Hall–Kier alpha value is -3.00. The lowest BCUT2D eigenvalue weighted by Crippen LogP contribution is -2.36. The van der Waals surface area contributed by atoms with E-state index >= 15 is 0 Å². The minimum atomic E-state index is -0.126. The summed E-state index contributed by atoms with van der Waals surface area (Å²) in [5.74, 6) is -0.126. The molecule has 1 N–H and O–H groups in total. The average Bonchev–Trinajstić information content (AvgIpc) is 3.38. The standard InChI is InChI=1S/C19H20N6OS/c1-3-14-4-6-15(7-5-14)16-9-25-17(10-27-19(25)23-16)18(26)22-13(2)8-24-12-20-11-21-24/h4-7,9-13H,3,8H2,1-2H3,(H,22,26)/t13-/m0/s1. The molecule has 138 valence electrons. The predicted molar refractivity (Wildman–Crippen MR) is 105 cm³/mol. The van der Waals surface area contributed by atoms with Gasteiger partial charge in [0.05, 0.1) is 12.2 Å². The second-order valence-electron chi connectivity index (χ2n) is 6.44. The van der Waals surface area contributed by atoms with Crippen molar-refractivity contribution in [2.24, 2.45) is 0 Å². The molecule has 0 aliphatic carbocycles. The van der Waals surface area contributed by atoms with Gasteiger partial charge in [0.25, 0.3) is 5.91 Å². The van der Waals surface area contributed by atoms with Crippen LogP contribution >= 0.6 is 11.3 Å². The number of rotatable bonds is 6. The van der Waals surface area contributed by atoms with E-state index < -0.39 is 0 Å². The summed E-state index contributed by atoms with van der Waals surface area (Å²) in [6, 6.07) is 8.31. The van der Waals surface area contributed by atoms with E-state index in [-0.39, 0.29) is 11.9 Å². The molecule has 4 aromatic rings. The van der Waals surface area contributed by atoms with Gasteiger partial charge in [-0.05, 0) is 18.9 Å². The van der Waals surface area contributed by atoms with Gasteiger partial charge < -0.3 is 5.32 Å². The highest BCUT2D eigenvalue weighted by molar-refractivity contribution is 7.15. The second-order valence-corrected chi connectivity index (χ2v) is 7.28. The molecule has 8 heteroatoms. The highest BCUT2D eigenvalue weighted by atomic mass is 32.1. The Morgan fingerprint density at radius 2 is 2.11 bits per heavy atom. The third-order valence-corrected chi connectivity index (χ3v) is 5.24. The first-order valence-corrected chi connectivity index (χ1v) is 9.71. The molecule has 0 bridgehead atoms. The van der Waals surface area contributed by atoms with E-state index in [1.165, 1.54) is 23.2 Å². The van der Waals surface area contributed by atoms with Crippen molar-refractivity contribution in [3.63, 3.8) is 0 Å². The van der Waals surface area contributed by atoms with Gasteiger partial charge in [-0.1, -0.05) is 31.2 Å². The molecule has 0 aliphatic heterocycles. The van der Waals surface area contributed by atoms with E-state index in [1.54, 1.807) is 11.0 Å². The molecule has 1 atom stereocenters. The summed E-state index contributed by atoms with van der Waals surface area (Å²) in [4.78, 5) is 22.1. The third kappa shape index (κ3) is 3.61. The Morgan fingerprint density at radius 1 is 1.30 bits per heavy atom. The van der Waals surface area contributed by atoms with Gasteiger partial charge in [0.15, 0.2) is 4.96 Å². The Bertz CT molecular complexity index is 1050. The number of fused-ring (bicyclic) bond motifs is 1. The number of hydrogen-bond donors (Lipinski definition) is 1. The predicted octanol–water partition coefficient (Wildman–Crippen LogP) is 3.04. The molecular weight excluding hydrogens is 360 g/mol. The van der Waals surface area contributed by atoms with Gasteiger partial charge in [-0.15, -0.1) is 11.3 Å². The first-order valence-electron chi connectivity index (χ1n) is 8.83. The topological polar surface area (TPSA) is 77.1 Å². The molecule has 0 spiro atoms. The zero-order chi connectivity index (χ0) is 18.8. The summed E-state index contributed by atoms with van der Waals surface area (Å²) in [7, 11) is 0. The Labute approximate surface area is 160 Å². The summed E-state index contributed by atoms with van der Waals surface area (Å²) < 4.78 is 3.55. The number of imidazole rings is 1. The molecule has 0 aliphatic rings. The molecule has 27 heavy (non-hydrogen) atoms. The molecule has 1 aromatic carbocycles. The minimum absolute atomic E-state index is 0.0706. The highest BCUT2D eigenvalue weighted by Gasteiger charge is 2.17. The zero-order valence-corrected chi connectivity index (χ0v) is 16.0. The number of aryl methyl sites for hydroxylation is 1. The van der Waals surface area contributed by atoms with E-state index in [0.717, 1.165) is 22.6 Å². The number of thiazole rings is 1. The maximum absolute atomic E-state index is 12.7. The molecule has 0 unspecified atom stereocenters. The maximum Gasteiger partial charge on any atom is 0.269 e. The summed E-state index contributed by atoms with van der Waals surface area (Å²) in [5.41, 5.74) is 3.80. The van der Waals surface area contributed by atoms with Crippen LogP contribution in [-0.2, 0) is 13.0 Å². The molecule has 0 saturated heterocycles. The van der Waals surface area contributed by atoms with Crippen LogP contribution in [0.25, 0.3) is 16.2 Å². The number of amides is 1. The third-order valence-electron chi connectivity index (χ3n) is 4.40.